The Balaban J connectivity index is 2.31. The molecule has 0 aliphatic carbocycles. The van der Waals surface area contributed by atoms with Crippen molar-refractivity contribution in [3.8, 4) is 17.6 Å². The van der Waals surface area contributed by atoms with Crippen LogP contribution >= 0.6 is 0 Å². The number of nitro benzene ring substituents is 1. The van der Waals surface area contributed by atoms with Crippen LogP contribution in [0.1, 0.15) is 11.1 Å². The van der Waals surface area contributed by atoms with Crippen LogP contribution in [0.3, 0.4) is 0 Å². The lowest BCUT2D eigenvalue weighted by Crippen LogP contribution is -2.01. The van der Waals surface area contributed by atoms with Gasteiger partial charge in [0.2, 0.25) is 0 Å². The standard InChI is InChI=1S/C18H14N2O6/c1-25-16-4-2-3-13(9-14(10-19)18(21)22)17(16)26-11-12-5-7-15(8-6-12)20(23)24/h2-9H,11H2,1H3,(H,21,22). The second kappa shape index (κ2) is 8.30. The average Bonchev–Trinajstić information content (AvgIpc) is 2.64. The minimum Gasteiger partial charge on any atom is -0.493 e. The smallest absolute Gasteiger partial charge is 0.346 e. The van der Waals surface area contributed by atoms with Crippen molar-refractivity contribution in [1.82, 2.24) is 0 Å². The predicted octanol–water partition coefficient (Wildman–Crippen LogP) is 3.17. The summed E-state index contributed by atoms with van der Waals surface area (Å²) < 4.78 is 11.0. The van der Waals surface area contributed by atoms with Crippen LogP contribution in [-0.2, 0) is 11.4 Å². The van der Waals surface area contributed by atoms with Crippen molar-refractivity contribution in [2.75, 3.05) is 7.11 Å². The molecule has 26 heavy (non-hydrogen) atoms. The fourth-order valence-electron chi connectivity index (χ4n) is 2.13. The Hall–Kier alpha value is -3.86. The van der Waals surface area contributed by atoms with Crippen molar-refractivity contribution in [3.63, 3.8) is 0 Å². The third-order valence-corrected chi connectivity index (χ3v) is 3.41. The summed E-state index contributed by atoms with van der Waals surface area (Å²) in [6.07, 6.45) is 1.19. The summed E-state index contributed by atoms with van der Waals surface area (Å²) in [5.41, 5.74) is 0.564. The molecule has 2 rings (SSSR count). The topological polar surface area (TPSA) is 123 Å². The highest BCUT2D eigenvalue weighted by molar-refractivity contribution is 5.97. The molecule has 2 aromatic rings. The Kier molecular flexibility index (Phi) is 5.90. The molecule has 0 fully saturated rings. The van der Waals surface area contributed by atoms with Crippen molar-refractivity contribution >= 4 is 17.7 Å². The summed E-state index contributed by atoms with van der Waals surface area (Å²) in [6.45, 7) is 0.0775. The molecular weight excluding hydrogens is 340 g/mol. The van der Waals surface area contributed by atoms with Crippen LogP contribution in [0.15, 0.2) is 48.0 Å². The van der Waals surface area contributed by atoms with Gasteiger partial charge in [-0.15, -0.1) is 0 Å². The maximum absolute atomic E-state index is 11.0. The van der Waals surface area contributed by atoms with Gasteiger partial charge in [-0.3, -0.25) is 10.1 Å². The molecule has 0 amide bonds. The van der Waals surface area contributed by atoms with Crippen LogP contribution in [-0.4, -0.2) is 23.1 Å². The first-order chi connectivity index (χ1) is 12.5. The van der Waals surface area contributed by atoms with E-state index in [9.17, 15) is 14.9 Å². The number of ether oxygens (including phenoxy) is 2. The molecule has 2 aromatic carbocycles. The lowest BCUT2D eigenvalue weighted by Gasteiger charge is -2.13. The lowest BCUT2D eigenvalue weighted by atomic mass is 10.1. The second-order valence-corrected chi connectivity index (χ2v) is 5.07. The number of non-ortho nitro benzene ring substituents is 1. The van der Waals surface area contributed by atoms with Gasteiger partial charge in [0.25, 0.3) is 5.69 Å². The predicted molar refractivity (Wildman–Crippen MR) is 91.6 cm³/mol. The number of benzene rings is 2. The minimum absolute atomic E-state index is 0.0326. The summed E-state index contributed by atoms with van der Waals surface area (Å²) in [5, 5.41) is 28.6. The van der Waals surface area contributed by atoms with Gasteiger partial charge in [-0.1, -0.05) is 12.1 Å². The fourth-order valence-corrected chi connectivity index (χ4v) is 2.13. The lowest BCUT2D eigenvalue weighted by molar-refractivity contribution is -0.384. The average molecular weight is 354 g/mol. The Morgan fingerprint density at radius 2 is 2.00 bits per heavy atom. The molecule has 0 bridgehead atoms. The van der Waals surface area contributed by atoms with Gasteiger partial charge in [-0.2, -0.15) is 5.26 Å². The molecule has 8 nitrogen and oxygen atoms in total. The minimum atomic E-state index is -1.35. The number of para-hydroxylation sites is 1. The monoisotopic (exact) mass is 354 g/mol. The van der Waals surface area contributed by atoms with E-state index < -0.39 is 16.5 Å². The quantitative estimate of drug-likeness (QED) is 0.350. The number of carboxylic acids is 1. The Bertz CT molecular complexity index is 897. The number of hydrogen-bond acceptors (Lipinski definition) is 6. The summed E-state index contributed by atoms with van der Waals surface area (Å²) in [6, 6.07) is 12.3. The Morgan fingerprint density at radius 1 is 1.31 bits per heavy atom. The van der Waals surface area contributed by atoms with Crippen LogP contribution in [0, 0.1) is 21.4 Å². The SMILES string of the molecule is COc1cccc(C=C(C#N)C(=O)O)c1OCc1ccc([N+](=O)[O-])cc1. The van der Waals surface area contributed by atoms with E-state index >= 15 is 0 Å². The van der Waals surface area contributed by atoms with Gasteiger partial charge >= 0.3 is 5.97 Å². The van der Waals surface area contributed by atoms with Gasteiger partial charge < -0.3 is 14.6 Å². The highest BCUT2D eigenvalue weighted by Gasteiger charge is 2.13. The van der Waals surface area contributed by atoms with Gasteiger partial charge in [-0.25, -0.2) is 4.79 Å². The van der Waals surface area contributed by atoms with Crippen molar-refractivity contribution < 1.29 is 24.3 Å². The molecule has 0 aromatic heterocycles. The van der Waals surface area contributed by atoms with E-state index in [-0.39, 0.29) is 18.0 Å². The number of aliphatic carboxylic acids is 1. The first-order valence-corrected chi connectivity index (χ1v) is 7.34. The van der Waals surface area contributed by atoms with E-state index in [1.165, 1.54) is 25.3 Å². The fraction of sp³-hybridized carbons (Fsp3) is 0.111. The zero-order chi connectivity index (χ0) is 19.1. The van der Waals surface area contributed by atoms with E-state index in [0.717, 1.165) is 0 Å². The van der Waals surface area contributed by atoms with Crippen LogP contribution < -0.4 is 9.47 Å². The molecule has 0 aliphatic heterocycles. The van der Waals surface area contributed by atoms with Crippen molar-refractivity contribution in [1.29, 1.82) is 5.26 Å². The van der Waals surface area contributed by atoms with E-state index in [4.69, 9.17) is 19.8 Å². The van der Waals surface area contributed by atoms with Gasteiger partial charge in [0.1, 0.15) is 18.2 Å². The maximum atomic E-state index is 11.0. The summed E-state index contributed by atoms with van der Waals surface area (Å²) in [5.74, 6) is -0.720. The first-order valence-electron chi connectivity index (χ1n) is 7.34. The van der Waals surface area contributed by atoms with Gasteiger partial charge in [0.05, 0.1) is 12.0 Å². The number of nitro groups is 1. The van der Waals surface area contributed by atoms with Crippen LogP contribution in [0.4, 0.5) is 5.69 Å². The normalized spacial score (nSPS) is 10.7. The van der Waals surface area contributed by atoms with E-state index in [1.807, 2.05) is 0 Å². The van der Waals surface area contributed by atoms with Crippen LogP contribution in [0.2, 0.25) is 0 Å². The van der Waals surface area contributed by atoms with E-state index in [0.29, 0.717) is 16.9 Å². The maximum Gasteiger partial charge on any atom is 0.346 e. The molecular formula is C18H14N2O6. The van der Waals surface area contributed by atoms with E-state index in [1.54, 1.807) is 36.4 Å². The van der Waals surface area contributed by atoms with Crippen molar-refractivity contribution in [2.45, 2.75) is 6.61 Å². The molecule has 0 radical (unpaired) electrons. The number of nitrogens with zero attached hydrogens (tertiary/aromatic N) is 2. The van der Waals surface area contributed by atoms with E-state index in [2.05, 4.69) is 0 Å². The largest absolute Gasteiger partial charge is 0.493 e. The molecule has 0 unspecified atom stereocenters. The summed E-state index contributed by atoms with van der Waals surface area (Å²) in [4.78, 5) is 21.2. The molecule has 0 spiro atoms. The molecule has 132 valence electrons. The molecule has 0 heterocycles. The number of hydrogen-bond donors (Lipinski definition) is 1. The van der Waals surface area contributed by atoms with Gasteiger partial charge in [0, 0.05) is 17.7 Å². The Labute approximate surface area is 148 Å². The summed E-state index contributed by atoms with van der Waals surface area (Å²) >= 11 is 0. The zero-order valence-electron chi connectivity index (χ0n) is 13.7. The van der Waals surface area contributed by atoms with Gasteiger partial charge in [-0.05, 0) is 29.8 Å². The molecule has 0 atom stereocenters. The molecule has 0 aliphatic rings. The summed E-state index contributed by atoms with van der Waals surface area (Å²) in [7, 11) is 1.43. The number of carbonyl (C=O) groups is 1. The third kappa shape index (κ3) is 4.36. The number of methoxy groups -OCH3 is 1. The van der Waals surface area contributed by atoms with Crippen LogP contribution in [0.25, 0.3) is 6.08 Å². The van der Waals surface area contributed by atoms with Crippen molar-refractivity contribution in [2.24, 2.45) is 0 Å². The highest BCUT2D eigenvalue weighted by atomic mass is 16.6. The van der Waals surface area contributed by atoms with Gasteiger partial charge in [0.15, 0.2) is 11.5 Å². The zero-order valence-corrected chi connectivity index (χ0v) is 13.7. The number of rotatable bonds is 7. The molecule has 8 heteroatoms. The first kappa shape index (κ1) is 18.5. The molecule has 0 saturated carbocycles. The number of nitriles is 1. The number of carboxylic acid groups (broad SMARTS) is 1. The second-order valence-electron chi connectivity index (χ2n) is 5.07. The van der Waals surface area contributed by atoms with Crippen LogP contribution in [0.5, 0.6) is 11.5 Å². The molecule has 0 saturated heterocycles. The highest BCUT2D eigenvalue weighted by Crippen LogP contribution is 2.33. The third-order valence-electron chi connectivity index (χ3n) is 3.41. The Morgan fingerprint density at radius 3 is 2.54 bits per heavy atom. The molecule has 1 N–H and O–H groups in total. The van der Waals surface area contributed by atoms with Crippen molar-refractivity contribution in [3.05, 3.63) is 69.3 Å².